The first-order valence-corrected chi connectivity index (χ1v) is 8.38. The maximum Gasteiger partial charge on any atom is 0.341 e. The second-order valence-corrected chi connectivity index (χ2v) is 5.79. The summed E-state index contributed by atoms with van der Waals surface area (Å²) in [6.45, 7) is 1.17. The van der Waals surface area contributed by atoms with Crippen LogP contribution in [0, 0.1) is 0 Å². The zero-order valence-corrected chi connectivity index (χ0v) is 15.3. The third kappa shape index (κ3) is 7.06. The van der Waals surface area contributed by atoms with Crippen LogP contribution in [0.15, 0.2) is 18.2 Å². The van der Waals surface area contributed by atoms with Crippen LogP contribution in [0.5, 0.6) is 5.75 Å². The Bertz CT molecular complexity index is 703. The number of carbonyl (C=O) groups excluding carboxylic acids is 4. The van der Waals surface area contributed by atoms with Crippen LogP contribution in [0.25, 0.3) is 0 Å². The van der Waals surface area contributed by atoms with Gasteiger partial charge >= 0.3 is 11.9 Å². The number of ether oxygens (including phenoxy) is 2. The number of Topliss-reactive ketones (excluding diaryl/α,β-unsaturated/α-hetero) is 1. The standard InChI is InChI=1S/C18H24N2O7/c1-11(21)20-14(5-3-4-8-19)18(25)27-10-16(23)12-6-7-15(22)13(9-12)17(24)26-2/h6-7,9,14,22H,3-5,8,10,19H2,1-2H3,(H,20,21). The molecule has 0 aliphatic carbocycles. The molecule has 9 nitrogen and oxygen atoms in total. The molecule has 0 saturated heterocycles. The number of aromatic hydroxyl groups is 1. The SMILES string of the molecule is COC(=O)c1cc(C(=O)COC(=O)C(CCCCN)NC(C)=O)ccc1O. The minimum Gasteiger partial charge on any atom is -0.507 e. The normalized spacial score (nSPS) is 11.4. The van der Waals surface area contributed by atoms with Crippen molar-refractivity contribution in [2.45, 2.75) is 32.2 Å². The van der Waals surface area contributed by atoms with Gasteiger partial charge in [0.2, 0.25) is 5.91 Å². The fourth-order valence-electron chi connectivity index (χ4n) is 2.29. The first-order chi connectivity index (χ1) is 12.8. The molecule has 0 aromatic heterocycles. The van der Waals surface area contributed by atoms with Crippen molar-refractivity contribution < 1.29 is 33.8 Å². The first kappa shape index (κ1) is 22.1. The number of phenols is 1. The number of unbranched alkanes of at least 4 members (excludes halogenated alkanes) is 1. The highest BCUT2D eigenvalue weighted by atomic mass is 16.5. The van der Waals surface area contributed by atoms with Gasteiger partial charge in [0.25, 0.3) is 0 Å². The quantitative estimate of drug-likeness (QED) is 0.303. The van der Waals surface area contributed by atoms with Crippen LogP contribution in [0.1, 0.15) is 46.9 Å². The molecule has 148 valence electrons. The highest BCUT2D eigenvalue weighted by molar-refractivity contribution is 6.01. The molecular formula is C18H24N2O7. The number of nitrogens with one attached hydrogen (secondary N) is 1. The number of hydrogen-bond acceptors (Lipinski definition) is 8. The van der Waals surface area contributed by atoms with Gasteiger partial charge in [0, 0.05) is 12.5 Å². The number of hydrogen-bond donors (Lipinski definition) is 3. The lowest BCUT2D eigenvalue weighted by atomic mass is 10.1. The molecule has 1 atom stereocenters. The number of ketones is 1. The molecule has 1 rings (SSSR count). The van der Waals surface area contributed by atoms with Gasteiger partial charge in [0.15, 0.2) is 12.4 Å². The van der Waals surface area contributed by atoms with E-state index >= 15 is 0 Å². The smallest absolute Gasteiger partial charge is 0.341 e. The Morgan fingerprint density at radius 3 is 2.52 bits per heavy atom. The van der Waals surface area contributed by atoms with Crippen LogP contribution in [0.2, 0.25) is 0 Å². The van der Waals surface area contributed by atoms with E-state index in [2.05, 4.69) is 10.1 Å². The maximum atomic E-state index is 12.2. The predicted octanol–water partition coefficient (Wildman–Crippen LogP) is 0.538. The fraction of sp³-hybridized carbons (Fsp3) is 0.444. The van der Waals surface area contributed by atoms with E-state index in [1.165, 1.54) is 19.1 Å². The van der Waals surface area contributed by atoms with E-state index in [-0.39, 0.29) is 16.9 Å². The largest absolute Gasteiger partial charge is 0.507 e. The summed E-state index contributed by atoms with van der Waals surface area (Å²) in [5.74, 6) is -2.83. The van der Waals surface area contributed by atoms with Crippen molar-refractivity contribution in [3.8, 4) is 5.75 Å². The van der Waals surface area contributed by atoms with E-state index in [0.29, 0.717) is 25.8 Å². The summed E-state index contributed by atoms with van der Waals surface area (Å²) >= 11 is 0. The third-order valence-corrected chi connectivity index (χ3v) is 3.68. The van der Waals surface area contributed by atoms with Crippen molar-refractivity contribution in [1.82, 2.24) is 5.32 Å². The minimum absolute atomic E-state index is 0.0696. The second kappa shape index (κ2) is 10.9. The van der Waals surface area contributed by atoms with E-state index in [4.69, 9.17) is 10.5 Å². The Morgan fingerprint density at radius 2 is 1.93 bits per heavy atom. The molecule has 1 aromatic rings. The molecule has 9 heteroatoms. The molecule has 0 saturated carbocycles. The zero-order chi connectivity index (χ0) is 20.4. The summed E-state index contributed by atoms with van der Waals surface area (Å²) in [5, 5.41) is 12.1. The summed E-state index contributed by atoms with van der Waals surface area (Å²) in [7, 11) is 1.14. The van der Waals surface area contributed by atoms with E-state index in [1.54, 1.807) is 0 Å². The van der Waals surface area contributed by atoms with Crippen LogP contribution >= 0.6 is 0 Å². The molecule has 0 spiro atoms. The number of benzene rings is 1. The zero-order valence-electron chi connectivity index (χ0n) is 15.3. The molecule has 1 amide bonds. The van der Waals surface area contributed by atoms with Crippen LogP contribution < -0.4 is 11.1 Å². The molecule has 0 fully saturated rings. The molecule has 4 N–H and O–H groups in total. The summed E-state index contributed by atoms with van der Waals surface area (Å²) in [4.78, 5) is 47.2. The number of esters is 2. The monoisotopic (exact) mass is 380 g/mol. The lowest BCUT2D eigenvalue weighted by Gasteiger charge is -2.16. The van der Waals surface area contributed by atoms with Crippen LogP contribution in [-0.4, -0.2) is 55.0 Å². The van der Waals surface area contributed by atoms with Crippen LogP contribution in [-0.2, 0) is 19.1 Å². The Morgan fingerprint density at radius 1 is 1.22 bits per heavy atom. The van der Waals surface area contributed by atoms with Crippen molar-refractivity contribution in [1.29, 1.82) is 0 Å². The van der Waals surface area contributed by atoms with Gasteiger partial charge in [0.05, 0.1) is 7.11 Å². The Labute approximate surface area is 156 Å². The van der Waals surface area contributed by atoms with Gasteiger partial charge < -0.3 is 25.6 Å². The van der Waals surface area contributed by atoms with Gasteiger partial charge in [-0.3, -0.25) is 9.59 Å². The van der Waals surface area contributed by atoms with E-state index < -0.39 is 36.3 Å². The number of phenolic OH excluding ortho intramolecular Hbond substituents is 1. The van der Waals surface area contributed by atoms with Gasteiger partial charge in [-0.2, -0.15) is 0 Å². The van der Waals surface area contributed by atoms with Crippen molar-refractivity contribution >= 4 is 23.6 Å². The summed E-state index contributed by atoms with van der Waals surface area (Å²) in [6, 6.07) is 2.76. The molecule has 0 aliphatic heterocycles. The highest BCUT2D eigenvalue weighted by Crippen LogP contribution is 2.20. The Hall–Kier alpha value is -2.94. The molecule has 0 bridgehead atoms. The fourth-order valence-corrected chi connectivity index (χ4v) is 2.29. The average Bonchev–Trinajstić information content (AvgIpc) is 2.64. The van der Waals surface area contributed by atoms with Crippen molar-refractivity contribution in [3.05, 3.63) is 29.3 Å². The summed E-state index contributed by atoms with van der Waals surface area (Å²) in [5.41, 5.74) is 5.31. The minimum atomic E-state index is -0.868. The lowest BCUT2D eigenvalue weighted by molar-refractivity contribution is -0.146. The number of amides is 1. The molecular weight excluding hydrogens is 356 g/mol. The number of carbonyl (C=O) groups is 4. The average molecular weight is 380 g/mol. The van der Waals surface area contributed by atoms with Crippen molar-refractivity contribution in [2.24, 2.45) is 5.73 Å². The van der Waals surface area contributed by atoms with Crippen LogP contribution in [0.4, 0.5) is 0 Å². The summed E-state index contributed by atoms with van der Waals surface area (Å²) < 4.78 is 9.52. The number of nitrogens with two attached hydrogens (primary N) is 1. The highest BCUT2D eigenvalue weighted by Gasteiger charge is 2.22. The van der Waals surface area contributed by atoms with Gasteiger partial charge in [-0.25, -0.2) is 9.59 Å². The van der Waals surface area contributed by atoms with Gasteiger partial charge in [-0.15, -0.1) is 0 Å². The maximum absolute atomic E-state index is 12.2. The van der Waals surface area contributed by atoms with E-state index in [1.807, 2.05) is 0 Å². The van der Waals surface area contributed by atoms with Crippen molar-refractivity contribution in [3.63, 3.8) is 0 Å². The van der Waals surface area contributed by atoms with Crippen molar-refractivity contribution in [2.75, 3.05) is 20.3 Å². The van der Waals surface area contributed by atoms with Gasteiger partial charge in [-0.05, 0) is 44.0 Å². The molecule has 0 heterocycles. The lowest BCUT2D eigenvalue weighted by Crippen LogP contribution is -2.41. The van der Waals surface area contributed by atoms with Crippen LogP contribution in [0.3, 0.4) is 0 Å². The van der Waals surface area contributed by atoms with Gasteiger partial charge in [-0.1, -0.05) is 0 Å². The molecule has 1 unspecified atom stereocenters. The Kier molecular flexibility index (Phi) is 8.94. The molecule has 1 aromatic carbocycles. The Balaban J connectivity index is 2.74. The molecule has 0 radical (unpaired) electrons. The molecule has 0 aliphatic rings. The number of rotatable bonds is 10. The summed E-state index contributed by atoms with van der Waals surface area (Å²) in [6.07, 6.45) is 1.65. The van der Waals surface area contributed by atoms with Gasteiger partial charge in [0.1, 0.15) is 17.4 Å². The molecule has 27 heavy (non-hydrogen) atoms. The topological polar surface area (TPSA) is 145 Å². The second-order valence-electron chi connectivity index (χ2n) is 5.79. The number of methoxy groups -OCH3 is 1. The predicted molar refractivity (Wildman–Crippen MR) is 95.2 cm³/mol. The van der Waals surface area contributed by atoms with E-state index in [0.717, 1.165) is 13.2 Å². The first-order valence-electron chi connectivity index (χ1n) is 8.38. The third-order valence-electron chi connectivity index (χ3n) is 3.68. The van der Waals surface area contributed by atoms with E-state index in [9.17, 15) is 24.3 Å².